The van der Waals surface area contributed by atoms with E-state index in [0.717, 1.165) is 23.6 Å². The van der Waals surface area contributed by atoms with E-state index in [1.165, 1.54) is 30.5 Å². The first kappa shape index (κ1) is 18.6. The zero-order valence-electron chi connectivity index (χ0n) is 14.9. The first-order valence-electron chi connectivity index (χ1n) is 9.01. The fourth-order valence-corrected chi connectivity index (χ4v) is 5.23. The van der Waals surface area contributed by atoms with Crippen LogP contribution in [0.15, 0.2) is 35.9 Å². The summed E-state index contributed by atoms with van der Waals surface area (Å²) in [7, 11) is -3.62. The van der Waals surface area contributed by atoms with Crippen LogP contribution in [0.5, 0.6) is 0 Å². The van der Waals surface area contributed by atoms with Crippen molar-refractivity contribution in [1.82, 2.24) is 5.32 Å². The van der Waals surface area contributed by atoms with Gasteiger partial charge in [0.05, 0.1) is 17.4 Å². The zero-order valence-corrected chi connectivity index (χ0v) is 15.7. The molecule has 1 aliphatic carbocycles. The summed E-state index contributed by atoms with van der Waals surface area (Å²) >= 11 is 0. The lowest BCUT2D eigenvalue weighted by molar-refractivity contribution is -0.119. The number of benzene rings is 1. The van der Waals surface area contributed by atoms with Gasteiger partial charge in [0.15, 0.2) is 0 Å². The minimum absolute atomic E-state index is 0.177. The molecule has 0 radical (unpaired) electrons. The molecule has 140 valence electrons. The summed E-state index contributed by atoms with van der Waals surface area (Å²) < 4.78 is 25.1. The molecule has 1 atom stereocenters. The van der Waals surface area contributed by atoms with Crippen LogP contribution in [0.2, 0.25) is 0 Å². The molecule has 2 aliphatic rings. The van der Waals surface area contributed by atoms with E-state index in [4.69, 9.17) is 0 Å². The van der Waals surface area contributed by atoms with E-state index < -0.39 is 21.8 Å². The highest BCUT2D eigenvalue weighted by Gasteiger charge is 2.41. The summed E-state index contributed by atoms with van der Waals surface area (Å²) in [4.78, 5) is 24.3. The predicted molar refractivity (Wildman–Crippen MR) is 100 cm³/mol. The number of rotatable bonds is 5. The molecule has 0 unspecified atom stereocenters. The van der Waals surface area contributed by atoms with Crippen LogP contribution >= 0.6 is 0 Å². The molecule has 0 spiro atoms. The first-order chi connectivity index (χ1) is 12.4. The van der Waals surface area contributed by atoms with Gasteiger partial charge in [-0.3, -0.25) is 9.59 Å². The Kier molecular flexibility index (Phi) is 5.46. The van der Waals surface area contributed by atoms with Crippen LogP contribution in [-0.4, -0.2) is 32.5 Å². The summed E-state index contributed by atoms with van der Waals surface area (Å²) in [6, 6.07) is 6.12. The van der Waals surface area contributed by atoms with E-state index >= 15 is 0 Å². The van der Waals surface area contributed by atoms with E-state index in [0.29, 0.717) is 12.1 Å². The number of carbonyl (C=O) groups excluding carboxylic acids is 2. The van der Waals surface area contributed by atoms with Crippen LogP contribution in [0.1, 0.15) is 49.4 Å². The van der Waals surface area contributed by atoms with Crippen molar-refractivity contribution in [1.29, 1.82) is 0 Å². The maximum Gasteiger partial charge on any atom is 0.251 e. The molecule has 1 saturated heterocycles. The van der Waals surface area contributed by atoms with Crippen molar-refractivity contribution in [2.75, 3.05) is 16.6 Å². The fraction of sp³-hybridized carbons (Fsp3) is 0.474. The van der Waals surface area contributed by atoms with E-state index in [-0.39, 0.29) is 17.3 Å². The maximum atomic E-state index is 12.2. The van der Waals surface area contributed by atoms with Crippen molar-refractivity contribution in [3.63, 3.8) is 0 Å². The number of nitrogens with zero attached hydrogens (tertiary/aromatic N) is 1. The Morgan fingerprint density at radius 2 is 1.96 bits per heavy atom. The predicted octanol–water partition coefficient (Wildman–Crippen LogP) is 2.62. The second-order valence-electron chi connectivity index (χ2n) is 6.94. The molecule has 1 aromatic rings. The van der Waals surface area contributed by atoms with Crippen molar-refractivity contribution in [2.45, 2.75) is 39.0 Å². The van der Waals surface area contributed by atoms with Crippen molar-refractivity contribution in [3.8, 4) is 0 Å². The molecule has 26 heavy (non-hydrogen) atoms. The average molecular weight is 376 g/mol. The maximum absolute atomic E-state index is 12.2. The van der Waals surface area contributed by atoms with E-state index in [2.05, 4.69) is 11.4 Å². The number of sulfonamides is 1. The molecule has 1 fully saturated rings. The Balaban J connectivity index is 1.61. The monoisotopic (exact) mass is 376 g/mol. The average Bonchev–Trinajstić information content (AvgIpc) is 2.83. The zero-order chi connectivity index (χ0) is 18.7. The molecule has 1 aliphatic heterocycles. The van der Waals surface area contributed by atoms with Gasteiger partial charge < -0.3 is 5.32 Å². The smallest absolute Gasteiger partial charge is 0.251 e. The van der Waals surface area contributed by atoms with Gasteiger partial charge >= 0.3 is 0 Å². The second kappa shape index (κ2) is 7.61. The summed E-state index contributed by atoms with van der Waals surface area (Å²) in [6.45, 7) is 2.19. The third-order valence-corrected chi connectivity index (χ3v) is 6.71. The molecule has 1 aromatic carbocycles. The molecule has 0 saturated carbocycles. The Morgan fingerprint density at radius 1 is 1.23 bits per heavy atom. The van der Waals surface area contributed by atoms with E-state index in [1.807, 2.05) is 0 Å². The van der Waals surface area contributed by atoms with E-state index in [9.17, 15) is 18.0 Å². The molecule has 6 nitrogen and oxygen atoms in total. The summed E-state index contributed by atoms with van der Waals surface area (Å²) in [6.07, 6.45) is 7.83. The van der Waals surface area contributed by atoms with Crippen molar-refractivity contribution in [2.24, 2.45) is 5.92 Å². The minimum Gasteiger partial charge on any atom is -0.352 e. The number of hydrogen-bond donors (Lipinski definition) is 1. The molecule has 3 rings (SSSR count). The van der Waals surface area contributed by atoms with Crippen molar-refractivity contribution >= 4 is 27.5 Å². The quantitative estimate of drug-likeness (QED) is 0.801. The first-order valence-corrected chi connectivity index (χ1v) is 10.6. The minimum atomic E-state index is -3.62. The number of amides is 2. The molecular weight excluding hydrogens is 352 g/mol. The molecule has 0 aromatic heterocycles. The van der Waals surface area contributed by atoms with Crippen LogP contribution in [0.4, 0.5) is 5.69 Å². The third-order valence-electron chi connectivity index (χ3n) is 4.84. The Labute approximate surface area is 154 Å². The summed E-state index contributed by atoms with van der Waals surface area (Å²) in [5, 5.41) is 2.89. The Hall–Kier alpha value is -2.15. The molecule has 1 heterocycles. The molecule has 0 bridgehead atoms. The standard InChI is InChI=1S/C19H24N2O4S/c1-14-13-26(24,25)21(19(14)23)17-9-7-16(8-10-17)18(22)20-12-11-15-5-3-2-4-6-15/h5,7-10,14H,2-4,6,11-13H2,1H3,(H,20,22)/t14-/m1/s1. The summed E-state index contributed by atoms with van der Waals surface area (Å²) in [5.74, 6) is -1.35. The van der Waals surface area contributed by atoms with Gasteiger partial charge in [-0.2, -0.15) is 0 Å². The van der Waals surface area contributed by atoms with E-state index in [1.54, 1.807) is 19.1 Å². The number of nitrogens with one attached hydrogen (secondary N) is 1. The van der Waals surface area contributed by atoms with Gasteiger partial charge in [0, 0.05) is 12.1 Å². The van der Waals surface area contributed by atoms with Gasteiger partial charge in [-0.1, -0.05) is 18.6 Å². The van der Waals surface area contributed by atoms with Gasteiger partial charge in [0.1, 0.15) is 0 Å². The van der Waals surface area contributed by atoms with Gasteiger partial charge in [-0.05, 0) is 56.4 Å². The highest BCUT2D eigenvalue weighted by molar-refractivity contribution is 7.94. The number of anilines is 1. The Morgan fingerprint density at radius 3 is 2.54 bits per heavy atom. The lowest BCUT2D eigenvalue weighted by atomic mass is 9.97. The van der Waals surface area contributed by atoms with Crippen LogP contribution < -0.4 is 9.62 Å². The number of allylic oxidation sites excluding steroid dienone is 1. The van der Waals surface area contributed by atoms with Gasteiger partial charge in [0.2, 0.25) is 15.9 Å². The highest BCUT2D eigenvalue weighted by Crippen LogP contribution is 2.28. The van der Waals surface area contributed by atoms with Crippen molar-refractivity contribution < 1.29 is 18.0 Å². The number of hydrogen-bond acceptors (Lipinski definition) is 4. The van der Waals surface area contributed by atoms with Crippen LogP contribution in [0, 0.1) is 5.92 Å². The lowest BCUT2D eigenvalue weighted by Crippen LogP contribution is -2.30. The third kappa shape index (κ3) is 3.98. The summed E-state index contributed by atoms with van der Waals surface area (Å²) in [5.41, 5.74) is 2.13. The lowest BCUT2D eigenvalue weighted by Gasteiger charge is -2.16. The number of carbonyl (C=O) groups is 2. The van der Waals surface area contributed by atoms with Gasteiger partial charge in [-0.25, -0.2) is 12.7 Å². The van der Waals surface area contributed by atoms with Crippen LogP contribution in [0.3, 0.4) is 0 Å². The topological polar surface area (TPSA) is 83.6 Å². The largest absolute Gasteiger partial charge is 0.352 e. The highest BCUT2D eigenvalue weighted by atomic mass is 32.2. The van der Waals surface area contributed by atoms with Gasteiger partial charge in [0.25, 0.3) is 5.91 Å². The molecule has 7 heteroatoms. The van der Waals surface area contributed by atoms with Crippen molar-refractivity contribution in [3.05, 3.63) is 41.5 Å². The molecular formula is C19H24N2O4S. The molecule has 1 N–H and O–H groups in total. The SMILES string of the molecule is C[C@@H]1CS(=O)(=O)N(c2ccc(C(=O)NCCC3=CCCCC3)cc2)C1=O. The second-order valence-corrected chi connectivity index (χ2v) is 8.81. The normalized spacial score (nSPS) is 22.2. The fourth-order valence-electron chi connectivity index (χ4n) is 3.41. The van der Waals surface area contributed by atoms with Crippen LogP contribution in [-0.2, 0) is 14.8 Å². The molecule has 2 amide bonds. The van der Waals surface area contributed by atoms with Gasteiger partial charge in [-0.15, -0.1) is 0 Å². The van der Waals surface area contributed by atoms with Crippen LogP contribution in [0.25, 0.3) is 0 Å². The Bertz CT molecular complexity index is 828.